The summed E-state index contributed by atoms with van der Waals surface area (Å²) < 4.78 is 0. The summed E-state index contributed by atoms with van der Waals surface area (Å²) in [7, 11) is 0. The lowest BCUT2D eigenvalue weighted by atomic mass is 9.89. The molecule has 0 amide bonds. The summed E-state index contributed by atoms with van der Waals surface area (Å²) in [5, 5.41) is 7.40. The average Bonchev–Trinajstić information content (AvgIpc) is 1.82. The molecule has 0 spiro atoms. The quantitative estimate of drug-likeness (QED) is 0.589. The van der Waals surface area contributed by atoms with Gasteiger partial charge in [0, 0.05) is 6.92 Å². The molecule has 0 radical (unpaired) electrons. The summed E-state index contributed by atoms with van der Waals surface area (Å²) in [5.74, 6) is 0.0741. The van der Waals surface area contributed by atoms with Crippen molar-refractivity contribution in [2.45, 2.75) is 20.8 Å². The molecule has 62 valence electrons. The standard InChI is InChI=1S/C10H12NO/c1-6-4-9(11)5-7(2)10(6)8(3)12/h4-5,11H,1-3H3/q+1. The first-order valence-electron chi connectivity index (χ1n) is 3.86. The second-order valence-electron chi connectivity index (χ2n) is 3.04. The van der Waals surface area contributed by atoms with Crippen LogP contribution >= 0.6 is 0 Å². The van der Waals surface area contributed by atoms with Crippen molar-refractivity contribution in [1.82, 2.24) is 0 Å². The molecule has 0 fully saturated rings. The van der Waals surface area contributed by atoms with Crippen LogP contribution in [-0.2, 0) is 4.79 Å². The lowest BCUT2D eigenvalue weighted by molar-refractivity contribution is -0.113. The number of allylic oxidation sites excluding steroid dienone is 4. The van der Waals surface area contributed by atoms with Crippen LogP contribution in [0.2, 0.25) is 0 Å². The molecule has 0 atom stereocenters. The van der Waals surface area contributed by atoms with E-state index in [1.807, 2.05) is 13.8 Å². The Hall–Kier alpha value is -1.31. The van der Waals surface area contributed by atoms with Gasteiger partial charge in [0.05, 0.1) is 23.6 Å². The third kappa shape index (κ3) is 1.47. The van der Waals surface area contributed by atoms with Gasteiger partial charge in [-0.3, -0.25) is 10.2 Å². The van der Waals surface area contributed by atoms with Crippen molar-refractivity contribution in [3.63, 3.8) is 0 Å². The van der Waals surface area contributed by atoms with E-state index in [0.29, 0.717) is 5.71 Å². The van der Waals surface area contributed by atoms with Gasteiger partial charge in [0.2, 0.25) is 5.78 Å². The molecule has 2 heteroatoms. The maximum absolute atomic E-state index is 11.1. The normalized spacial score (nSPS) is 17.2. The number of hydrogen-bond donors (Lipinski definition) is 1. The van der Waals surface area contributed by atoms with Crippen molar-refractivity contribution in [3.8, 4) is 0 Å². The van der Waals surface area contributed by atoms with E-state index in [2.05, 4.69) is 0 Å². The zero-order valence-electron chi connectivity index (χ0n) is 7.56. The fourth-order valence-electron chi connectivity index (χ4n) is 1.52. The van der Waals surface area contributed by atoms with Gasteiger partial charge in [-0.1, -0.05) is 0 Å². The lowest BCUT2D eigenvalue weighted by Gasteiger charge is -2.05. The van der Waals surface area contributed by atoms with Gasteiger partial charge in [0.1, 0.15) is 5.57 Å². The first kappa shape index (κ1) is 8.78. The molecule has 1 aliphatic rings. The zero-order chi connectivity index (χ0) is 9.30. The van der Waals surface area contributed by atoms with Crippen molar-refractivity contribution >= 4 is 11.5 Å². The molecule has 1 aliphatic carbocycles. The van der Waals surface area contributed by atoms with Crippen LogP contribution in [0, 0.1) is 11.8 Å². The molecule has 0 aliphatic heterocycles. The Morgan fingerprint density at radius 1 is 1.50 bits per heavy atom. The summed E-state index contributed by atoms with van der Waals surface area (Å²) in [6.45, 7) is 5.28. The molecule has 0 aromatic carbocycles. The van der Waals surface area contributed by atoms with Crippen molar-refractivity contribution in [1.29, 1.82) is 5.41 Å². The highest BCUT2D eigenvalue weighted by atomic mass is 16.1. The first-order chi connectivity index (χ1) is 5.52. The van der Waals surface area contributed by atoms with Crippen molar-refractivity contribution in [3.05, 3.63) is 29.2 Å². The van der Waals surface area contributed by atoms with Crippen LogP contribution in [0.15, 0.2) is 22.8 Å². The predicted octanol–water partition coefficient (Wildman–Crippen LogP) is 2.08. The second-order valence-corrected chi connectivity index (χ2v) is 3.04. The summed E-state index contributed by atoms with van der Waals surface area (Å²) in [6, 6.07) is 0. The highest BCUT2D eigenvalue weighted by Crippen LogP contribution is 2.22. The molecule has 1 rings (SSSR count). The van der Waals surface area contributed by atoms with E-state index in [-0.39, 0.29) is 5.78 Å². The summed E-state index contributed by atoms with van der Waals surface area (Å²) >= 11 is 0. The van der Waals surface area contributed by atoms with E-state index in [1.165, 1.54) is 0 Å². The lowest BCUT2D eigenvalue weighted by Crippen LogP contribution is -2.11. The highest BCUT2D eigenvalue weighted by molar-refractivity contribution is 6.10. The molecular weight excluding hydrogens is 150 g/mol. The van der Waals surface area contributed by atoms with E-state index in [4.69, 9.17) is 5.41 Å². The Bertz CT molecular complexity index is 308. The van der Waals surface area contributed by atoms with Gasteiger partial charge in [0.15, 0.2) is 5.71 Å². The summed E-state index contributed by atoms with van der Waals surface area (Å²) in [6.07, 6.45) is 3.42. The molecule has 2 nitrogen and oxygen atoms in total. The topological polar surface area (TPSA) is 40.9 Å². The van der Waals surface area contributed by atoms with Gasteiger partial charge in [-0.25, -0.2) is 0 Å². The molecule has 0 heterocycles. The molecule has 0 bridgehead atoms. The van der Waals surface area contributed by atoms with Gasteiger partial charge < -0.3 is 0 Å². The smallest absolute Gasteiger partial charge is 0.215 e. The Morgan fingerprint density at radius 2 is 2.08 bits per heavy atom. The fourth-order valence-corrected chi connectivity index (χ4v) is 1.52. The van der Waals surface area contributed by atoms with Gasteiger partial charge in [-0.05, 0) is 13.8 Å². The molecule has 0 aromatic rings. The van der Waals surface area contributed by atoms with E-state index in [9.17, 15) is 4.79 Å². The number of Topliss-reactive ketones (excluding diaryl/α,β-unsaturated/α-hetero) is 1. The van der Waals surface area contributed by atoms with Crippen molar-refractivity contribution < 1.29 is 4.79 Å². The van der Waals surface area contributed by atoms with Crippen LogP contribution in [0.5, 0.6) is 0 Å². The minimum atomic E-state index is 0.0741. The zero-order valence-corrected chi connectivity index (χ0v) is 7.56. The Kier molecular flexibility index (Phi) is 2.18. The minimum absolute atomic E-state index is 0.0741. The minimum Gasteiger partial charge on any atom is -0.279 e. The third-order valence-corrected chi connectivity index (χ3v) is 1.88. The van der Waals surface area contributed by atoms with Gasteiger partial charge >= 0.3 is 0 Å². The van der Waals surface area contributed by atoms with Crippen LogP contribution in [0.1, 0.15) is 20.8 Å². The van der Waals surface area contributed by atoms with E-state index >= 15 is 0 Å². The number of rotatable bonds is 1. The van der Waals surface area contributed by atoms with E-state index < -0.39 is 0 Å². The van der Waals surface area contributed by atoms with Crippen LogP contribution in [-0.4, -0.2) is 11.5 Å². The van der Waals surface area contributed by atoms with Crippen LogP contribution in [0.25, 0.3) is 0 Å². The monoisotopic (exact) mass is 162 g/mol. The fraction of sp³-hybridized carbons (Fsp3) is 0.300. The molecule has 0 saturated heterocycles. The molecule has 0 aromatic heterocycles. The van der Waals surface area contributed by atoms with Crippen LogP contribution in [0.3, 0.4) is 0 Å². The van der Waals surface area contributed by atoms with Gasteiger partial charge in [0.25, 0.3) is 0 Å². The van der Waals surface area contributed by atoms with Gasteiger partial charge in [-0.15, -0.1) is 0 Å². The Labute approximate surface area is 72.5 Å². The Balaban J connectivity index is 3.14. The maximum atomic E-state index is 11.1. The molecule has 0 saturated carbocycles. The van der Waals surface area contributed by atoms with E-state index in [1.54, 1.807) is 19.4 Å². The molecule has 0 unspecified atom stereocenters. The SMILES string of the molecule is CC(=O)C1=C(C)[CH+]C(=N)C=C1C. The first-order valence-corrected chi connectivity index (χ1v) is 3.86. The van der Waals surface area contributed by atoms with Crippen LogP contribution < -0.4 is 0 Å². The number of carbonyl (C=O) groups is 1. The van der Waals surface area contributed by atoms with E-state index in [0.717, 1.165) is 16.7 Å². The molecule has 1 N–H and O–H groups in total. The largest absolute Gasteiger partial charge is 0.279 e. The third-order valence-electron chi connectivity index (χ3n) is 1.88. The average molecular weight is 162 g/mol. The molecule has 12 heavy (non-hydrogen) atoms. The second kappa shape index (κ2) is 2.97. The van der Waals surface area contributed by atoms with Gasteiger partial charge in [-0.2, -0.15) is 0 Å². The predicted molar refractivity (Wildman–Crippen MR) is 49.2 cm³/mol. The molecular formula is C10H12NO+. The maximum Gasteiger partial charge on any atom is 0.215 e. The number of ketones is 1. The summed E-state index contributed by atoms with van der Waals surface area (Å²) in [4.78, 5) is 11.1. The van der Waals surface area contributed by atoms with Crippen LogP contribution in [0.4, 0.5) is 0 Å². The Morgan fingerprint density at radius 3 is 2.50 bits per heavy atom. The highest BCUT2D eigenvalue weighted by Gasteiger charge is 2.24. The number of carbonyl (C=O) groups excluding carboxylic acids is 1. The summed E-state index contributed by atoms with van der Waals surface area (Å²) in [5.41, 5.74) is 3.01. The number of nitrogens with one attached hydrogen (secondary N) is 1. The van der Waals surface area contributed by atoms with Crippen molar-refractivity contribution in [2.75, 3.05) is 0 Å². The van der Waals surface area contributed by atoms with Crippen molar-refractivity contribution in [2.24, 2.45) is 0 Å². The number of hydrogen-bond acceptors (Lipinski definition) is 2.